The van der Waals surface area contributed by atoms with E-state index in [9.17, 15) is 4.79 Å². The van der Waals surface area contributed by atoms with Crippen molar-refractivity contribution in [2.24, 2.45) is 0 Å². The Bertz CT molecular complexity index is 796. The molecule has 1 aromatic heterocycles. The zero-order chi connectivity index (χ0) is 16.1. The predicted octanol–water partition coefficient (Wildman–Crippen LogP) is 4.45. The Morgan fingerprint density at radius 2 is 1.83 bits per heavy atom. The second-order valence-electron chi connectivity index (χ2n) is 5.37. The van der Waals surface area contributed by atoms with Crippen molar-refractivity contribution in [1.82, 2.24) is 4.98 Å². The molecule has 0 saturated carbocycles. The molecule has 2 aromatic carbocycles. The molecule has 3 nitrogen and oxygen atoms in total. The molecule has 3 aromatic rings. The fraction of sp³-hybridized carbons (Fsp3) is 0.100. The minimum Gasteiger partial charge on any atom is -0.489 e. The molecule has 0 amide bonds. The number of carbonyl (C=O) groups excluding carboxylic acids is 1. The van der Waals surface area contributed by atoms with Gasteiger partial charge in [-0.15, -0.1) is 0 Å². The Hall–Kier alpha value is -2.94. The number of ether oxygens (including phenoxy) is 1. The summed E-state index contributed by atoms with van der Waals surface area (Å²) in [6, 6.07) is 19.4. The van der Waals surface area contributed by atoms with Gasteiger partial charge in [-0.1, -0.05) is 36.4 Å². The molecule has 0 saturated heterocycles. The van der Waals surface area contributed by atoms with Crippen LogP contribution in [0.5, 0.6) is 5.75 Å². The predicted molar refractivity (Wildman–Crippen MR) is 90.6 cm³/mol. The fourth-order valence-electron chi connectivity index (χ4n) is 2.32. The van der Waals surface area contributed by atoms with Gasteiger partial charge in [0.2, 0.25) is 0 Å². The lowest BCUT2D eigenvalue weighted by atomic mass is 10.0. The molecule has 0 atom stereocenters. The summed E-state index contributed by atoms with van der Waals surface area (Å²) in [4.78, 5) is 15.5. The van der Waals surface area contributed by atoms with Gasteiger partial charge in [-0.3, -0.25) is 9.78 Å². The number of aldehydes is 1. The summed E-state index contributed by atoms with van der Waals surface area (Å²) in [5, 5.41) is 0. The highest BCUT2D eigenvalue weighted by Gasteiger charge is 2.05. The molecule has 1 heterocycles. The van der Waals surface area contributed by atoms with E-state index in [1.165, 1.54) is 0 Å². The molecule has 0 aliphatic rings. The first kappa shape index (κ1) is 15.0. The Kier molecular flexibility index (Phi) is 4.48. The van der Waals surface area contributed by atoms with Crippen molar-refractivity contribution in [3.05, 3.63) is 83.7 Å². The van der Waals surface area contributed by atoms with Crippen LogP contribution in [0, 0.1) is 6.92 Å². The van der Waals surface area contributed by atoms with E-state index in [-0.39, 0.29) is 0 Å². The smallest absolute Gasteiger partial charge is 0.150 e. The van der Waals surface area contributed by atoms with Crippen molar-refractivity contribution in [1.29, 1.82) is 0 Å². The number of aromatic nitrogens is 1. The van der Waals surface area contributed by atoms with Crippen LogP contribution in [0.4, 0.5) is 0 Å². The van der Waals surface area contributed by atoms with Crippen LogP contribution in [-0.4, -0.2) is 11.3 Å². The standard InChI is InChI=1S/C20H17NO2/c1-15-7-8-18(12-21-15)19-9-17(13-22)10-20(11-19)23-14-16-5-3-2-4-6-16/h2-13H,14H2,1H3. The van der Waals surface area contributed by atoms with E-state index in [4.69, 9.17) is 4.74 Å². The van der Waals surface area contributed by atoms with E-state index in [0.717, 1.165) is 28.7 Å². The van der Waals surface area contributed by atoms with Crippen molar-refractivity contribution >= 4 is 6.29 Å². The number of hydrogen-bond acceptors (Lipinski definition) is 3. The van der Waals surface area contributed by atoms with Gasteiger partial charge < -0.3 is 4.74 Å². The van der Waals surface area contributed by atoms with Gasteiger partial charge in [0.1, 0.15) is 18.6 Å². The maximum atomic E-state index is 11.2. The van der Waals surface area contributed by atoms with E-state index < -0.39 is 0 Å². The molecule has 0 N–H and O–H groups in total. The Morgan fingerprint density at radius 1 is 1.00 bits per heavy atom. The molecule has 23 heavy (non-hydrogen) atoms. The van der Waals surface area contributed by atoms with Gasteiger partial charge in [0.25, 0.3) is 0 Å². The number of carbonyl (C=O) groups is 1. The van der Waals surface area contributed by atoms with Crippen LogP contribution in [0.2, 0.25) is 0 Å². The van der Waals surface area contributed by atoms with Gasteiger partial charge in [0.05, 0.1) is 0 Å². The first-order valence-corrected chi connectivity index (χ1v) is 7.44. The lowest BCUT2D eigenvalue weighted by Crippen LogP contribution is -1.96. The van der Waals surface area contributed by atoms with Crippen LogP contribution < -0.4 is 4.74 Å². The molecule has 0 unspecified atom stereocenters. The van der Waals surface area contributed by atoms with Crippen molar-refractivity contribution in [2.75, 3.05) is 0 Å². The maximum absolute atomic E-state index is 11.2. The van der Waals surface area contributed by atoms with E-state index in [1.54, 1.807) is 12.3 Å². The van der Waals surface area contributed by atoms with E-state index >= 15 is 0 Å². The lowest BCUT2D eigenvalue weighted by molar-refractivity contribution is 0.112. The average Bonchev–Trinajstić information content (AvgIpc) is 2.61. The van der Waals surface area contributed by atoms with Crippen LogP contribution in [0.1, 0.15) is 21.6 Å². The zero-order valence-corrected chi connectivity index (χ0v) is 12.9. The van der Waals surface area contributed by atoms with Crippen LogP contribution in [0.3, 0.4) is 0 Å². The molecular weight excluding hydrogens is 286 g/mol. The summed E-state index contributed by atoms with van der Waals surface area (Å²) in [6.45, 7) is 2.41. The van der Waals surface area contributed by atoms with Crippen LogP contribution in [0.15, 0.2) is 66.9 Å². The normalized spacial score (nSPS) is 10.3. The lowest BCUT2D eigenvalue weighted by Gasteiger charge is -2.10. The number of hydrogen-bond donors (Lipinski definition) is 0. The summed E-state index contributed by atoms with van der Waals surface area (Å²) in [6.07, 6.45) is 2.64. The van der Waals surface area contributed by atoms with E-state index in [0.29, 0.717) is 17.9 Å². The molecule has 0 radical (unpaired) electrons. The van der Waals surface area contributed by atoms with Gasteiger partial charge >= 0.3 is 0 Å². The second-order valence-corrected chi connectivity index (χ2v) is 5.37. The third-order valence-electron chi connectivity index (χ3n) is 3.56. The Morgan fingerprint density at radius 3 is 2.52 bits per heavy atom. The van der Waals surface area contributed by atoms with E-state index in [1.807, 2.05) is 61.5 Å². The first-order chi connectivity index (χ1) is 11.2. The summed E-state index contributed by atoms with van der Waals surface area (Å²) >= 11 is 0. The molecular formula is C20H17NO2. The first-order valence-electron chi connectivity index (χ1n) is 7.44. The van der Waals surface area contributed by atoms with Gasteiger partial charge in [-0.2, -0.15) is 0 Å². The highest BCUT2D eigenvalue weighted by atomic mass is 16.5. The molecule has 3 heteroatoms. The van der Waals surface area contributed by atoms with Gasteiger partial charge in [0, 0.05) is 23.0 Å². The van der Waals surface area contributed by atoms with Crippen molar-refractivity contribution in [3.63, 3.8) is 0 Å². The largest absolute Gasteiger partial charge is 0.489 e. The number of nitrogens with zero attached hydrogens (tertiary/aromatic N) is 1. The number of rotatable bonds is 5. The third-order valence-corrected chi connectivity index (χ3v) is 3.56. The second kappa shape index (κ2) is 6.88. The molecule has 0 bridgehead atoms. The van der Waals surface area contributed by atoms with Gasteiger partial charge in [-0.05, 0) is 42.3 Å². The van der Waals surface area contributed by atoms with E-state index in [2.05, 4.69) is 4.98 Å². The number of benzene rings is 2. The highest BCUT2D eigenvalue weighted by molar-refractivity contribution is 5.80. The Balaban J connectivity index is 1.87. The van der Waals surface area contributed by atoms with Crippen LogP contribution in [-0.2, 0) is 6.61 Å². The van der Waals surface area contributed by atoms with Crippen molar-refractivity contribution in [2.45, 2.75) is 13.5 Å². The molecule has 114 valence electrons. The number of aryl methyl sites for hydroxylation is 1. The number of pyridine rings is 1. The maximum Gasteiger partial charge on any atom is 0.150 e. The molecule has 0 spiro atoms. The highest BCUT2D eigenvalue weighted by Crippen LogP contribution is 2.26. The van der Waals surface area contributed by atoms with Gasteiger partial charge in [-0.25, -0.2) is 0 Å². The van der Waals surface area contributed by atoms with Crippen LogP contribution >= 0.6 is 0 Å². The molecule has 3 rings (SSSR count). The summed E-state index contributed by atoms with van der Waals surface area (Å²) < 4.78 is 5.84. The summed E-state index contributed by atoms with van der Waals surface area (Å²) in [5.74, 6) is 0.675. The SMILES string of the molecule is Cc1ccc(-c2cc(C=O)cc(OCc3ccccc3)c2)cn1. The fourth-order valence-corrected chi connectivity index (χ4v) is 2.32. The monoisotopic (exact) mass is 303 g/mol. The molecule has 0 aliphatic heterocycles. The average molecular weight is 303 g/mol. The van der Waals surface area contributed by atoms with Crippen molar-refractivity contribution < 1.29 is 9.53 Å². The Labute approximate surface area is 135 Å². The topological polar surface area (TPSA) is 39.2 Å². The molecule has 0 fully saturated rings. The quantitative estimate of drug-likeness (QED) is 0.654. The summed E-state index contributed by atoms with van der Waals surface area (Å²) in [7, 11) is 0. The van der Waals surface area contributed by atoms with Gasteiger partial charge in [0.15, 0.2) is 0 Å². The molecule has 0 aliphatic carbocycles. The minimum atomic E-state index is 0.467. The van der Waals surface area contributed by atoms with Crippen LogP contribution in [0.25, 0.3) is 11.1 Å². The summed E-state index contributed by atoms with van der Waals surface area (Å²) in [5.41, 5.74) is 4.52. The minimum absolute atomic E-state index is 0.467. The van der Waals surface area contributed by atoms with Crippen molar-refractivity contribution in [3.8, 4) is 16.9 Å². The zero-order valence-electron chi connectivity index (χ0n) is 12.9. The third kappa shape index (κ3) is 3.83.